The van der Waals surface area contributed by atoms with Crippen LogP contribution in [0, 0.1) is 11.3 Å². The monoisotopic (exact) mass is 315 g/mol. The second kappa shape index (κ2) is 5.35. The molecule has 102 valence electrons. The Labute approximate surface area is 123 Å². The summed E-state index contributed by atoms with van der Waals surface area (Å²) in [5, 5.41) is 9.51. The minimum absolute atomic E-state index is 0.136. The molecule has 0 saturated carbocycles. The quantitative estimate of drug-likeness (QED) is 0.676. The lowest BCUT2D eigenvalue weighted by atomic mass is 9.97. The molecular formula is C14H6Cl2F3N. The molecule has 0 fully saturated rings. The van der Waals surface area contributed by atoms with Gasteiger partial charge in [-0.1, -0.05) is 29.3 Å². The zero-order chi connectivity index (χ0) is 14.9. The highest BCUT2D eigenvalue weighted by molar-refractivity contribution is 6.42. The number of rotatable bonds is 1. The van der Waals surface area contributed by atoms with Gasteiger partial charge in [0.05, 0.1) is 27.2 Å². The molecule has 0 saturated heterocycles. The lowest BCUT2D eigenvalue weighted by molar-refractivity contribution is -0.137. The van der Waals surface area contributed by atoms with E-state index in [1.165, 1.54) is 18.2 Å². The Balaban J connectivity index is 2.65. The largest absolute Gasteiger partial charge is 0.416 e. The molecule has 0 aromatic heterocycles. The van der Waals surface area contributed by atoms with Gasteiger partial charge in [0.1, 0.15) is 0 Å². The van der Waals surface area contributed by atoms with Gasteiger partial charge in [0, 0.05) is 5.56 Å². The predicted molar refractivity (Wildman–Crippen MR) is 71.6 cm³/mol. The Morgan fingerprint density at radius 2 is 1.65 bits per heavy atom. The van der Waals surface area contributed by atoms with Crippen molar-refractivity contribution in [3.8, 4) is 17.2 Å². The molecule has 0 aliphatic carbocycles. The van der Waals surface area contributed by atoms with Crippen LogP contribution in [-0.2, 0) is 6.18 Å². The molecule has 0 bridgehead atoms. The first-order chi connectivity index (χ1) is 9.32. The van der Waals surface area contributed by atoms with E-state index in [2.05, 4.69) is 0 Å². The molecule has 0 N–H and O–H groups in total. The van der Waals surface area contributed by atoms with Gasteiger partial charge in [-0.3, -0.25) is 0 Å². The van der Waals surface area contributed by atoms with Crippen LogP contribution in [0.15, 0.2) is 36.4 Å². The molecule has 0 amide bonds. The number of nitriles is 1. The maximum Gasteiger partial charge on any atom is 0.416 e. The van der Waals surface area contributed by atoms with E-state index >= 15 is 0 Å². The van der Waals surface area contributed by atoms with E-state index < -0.39 is 11.7 Å². The van der Waals surface area contributed by atoms with Gasteiger partial charge in [-0.05, 0) is 35.9 Å². The van der Waals surface area contributed by atoms with Crippen LogP contribution in [0.5, 0.6) is 0 Å². The van der Waals surface area contributed by atoms with E-state index in [4.69, 9.17) is 28.5 Å². The molecule has 6 heteroatoms. The molecule has 0 aliphatic rings. The SMILES string of the molecule is N#Cc1ccc(C(F)(F)F)cc1-c1ccc(Cl)c(Cl)c1. The molecule has 0 atom stereocenters. The van der Waals surface area contributed by atoms with Gasteiger partial charge in [-0.25, -0.2) is 0 Å². The van der Waals surface area contributed by atoms with Crippen molar-refractivity contribution in [1.29, 1.82) is 5.26 Å². The van der Waals surface area contributed by atoms with Crippen molar-refractivity contribution in [2.75, 3.05) is 0 Å². The van der Waals surface area contributed by atoms with Gasteiger partial charge in [-0.2, -0.15) is 18.4 Å². The topological polar surface area (TPSA) is 23.8 Å². The van der Waals surface area contributed by atoms with Gasteiger partial charge in [0.15, 0.2) is 0 Å². The normalized spacial score (nSPS) is 11.2. The van der Waals surface area contributed by atoms with Gasteiger partial charge in [0.25, 0.3) is 0 Å². The molecule has 0 heterocycles. The summed E-state index contributed by atoms with van der Waals surface area (Å²) in [4.78, 5) is 0. The second-order valence-electron chi connectivity index (χ2n) is 4.00. The number of alkyl halides is 3. The van der Waals surface area contributed by atoms with Crippen molar-refractivity contribution in [1.82, 2.24) is 0 Å². The fourth-order valence-electron chi connectivity index (χ4n) is 1.72. The molecule has 1 nitrogen and oxygen atoms in total. The van der Waals surface area contributed by atoms with Crippen molar-refractivity contribution in [2.45, 2.75) is 6.18 Å². The van der Waals surface area contributed by atoms with Crippen LogP contribution in [0.2, 0.25) is 10.0 Å². The highest BCUT2D eigenvalue weighted by Crippen LogP contribution is 2.35. The van der Waals surface area contributed by atoms with E-state index in [-0.39, 0.29) is 16.1 Å². The Morgan fingerprint density at radius 3 is 2.20 bits per heavy atom. The van der Waals surface area contributed by atoms with E-state index in [9.17, 15) is 13.2 Å². The zero-order valence-corrected chi connectivity index (χ0v) is 11.3. The average Bonchev–Trinajstić information content (AvgIpc) is 2.40. The maximum absolute atomic E-state index is 12.7. The van der Waals surface area contributed by atoms with Crippen LogP contribution in [0.1, 0.15) is 11.1 Å². The third-order valence-corrected chi connectivity index (χ3v) is 3.44. The third kappa shape index (κ3) is 2.90. The van der Waals surface area contributed by atoms with Crippen LogP contribution >= 0.6 is 23.2 Å². The smallest absolute Gasteiger partial charge is 0.192 e. The number of hydrogen-bond donors (Lipinski definition) is 0. The molecule has 0 aliphatic heterocycles. The standard InChI is InChI=1S/C14H6Cl2F3N/c15-12-4-2-8(5-13(12)16)11-6-10(14(17,18)19)3-1-9(11)7-20/h1-6H. The summed E-state index contributed by atoms with van der Waals surface area (Å²) in [6, 6.07) is 9.23. The Hall–Kier alpha value is -1.70. The Kier molecular flexibility index (Phi) is 3.94. The number of halogens is 5. The first kappa shape index (κ1) is 14.7. The summed E-state index contributed by atoms with van der Waals surface area (Å²) in [5.74, 6) is 0. The summed E-state index contributed by atoms with van der Waals surface area (Å²) in [7, 11) is 0. The number of nitrogens with zero attached hydrogens (tertiary/aromatic N) is 1. The molecule has 20 heavy (non-hydrogen) atoms. The fourth-order valence-corrected chi connectivity index (χ4v) is 2.02. The van der Waals surface area contributed by atoms with E-state index in [0.717, 1.165) is 18.2 Å². The fraction of sp³-hybridized carbons (Fsp3) is 0.0714. The molecular weight excluding hydrogens is 310 g/mol. The molecule has 0 spiro atoms. The molecule has 2 aromatic carbocycles. The van der Waals surface area contributed by atoms with Crippen molar-refractivity contribution in [3.63, 3.8) is 0 Å². The van der Waals surface area contributed by atoms with Crippen molar-refractivity contribution in [3.05, 3.63) is 57.6 Å². The van der Waals surface area contributed by atoms with Crippen LogP contribution < -0.4 is 0 Å². The van der Waals surface area contributed by atoms with Crippen LogP contribution in [0.4, 0.5) is 13.2 Å². The van der Waals surface area contributed by atoms with Crippen molar-refractivity contribution >= 4 is 23.2 Å². The molecule has 2 rings (SSSR count). The van der Waals surface area contributed by atoms with Gasteiger partial charge in [0.2, 0.25) is 0 Å². The lowest BCUT2D eigenvalue weighted by Gasteiger charge is -2.11. The lowest BCUT2D eigenvalue weighted by Crippen LogP contribution is -2.05. The number of hydrogen-bond acceptors (Lipinski definition) is 1. The van der Waals surface area contributed by atoms with E-state index in [1.807, 2.05) is 6.07 Å². The van der Waals surface area contributed by atoms with E-state index in [0.29, 0.717) is 10.6 Å². The van der Waals surface area contributed by atoms with Crippen LogP contribution in [0.3, 0.4) is 0 Å². The van der Waals surface area contributed by atoms with Crippen LogP contribution in [0.25, 0.3) is 11.1 Å². The first-order valence-corrected chi connectivity index (χ1v) is 6.15. The summed E-state index contributed by atoms with van der Waals surface area (Å²) >= 11 is 11.6. The van der Waals surface area contributed by atoms with Crippen LogP contribution in [-0.4, -0.2) is 0 Å². The summed E-state index contributed by atoms with van der Waals surface area (Å²) in [6.07, 6.45) is -4.47. The van der Waals surface area contributed by atoms with Gasteiger partial charge >= 0.3 is 6.18 Å². The number of benzene rings is 2. The summed E-state index contributed by atoms with van der Waals surface area (Å²) in [6.45, 7) is 0. The van der Waals surface area contributed by atoms with E-state index in [1.54, 1.807) is 0 Å². The Morgan fingerprint density at radius 1 is 0.950 bits per heavy atom. The molecule has 0 radical (unpaired) electrons. The van der Waals surface area contributed by atoms with Crippen molar-refractivity contribution < 1.29 is 13.2 Å². The minimum Gasteiger partial charge on any atom is -0.192 e. The summed E-state index contributed by atoms with van der Waals surface area (Å²) < 4.78 is 38.2. The third-order valence-electron chi connectivity index (χ3n) is 2.70. The van der Waals surface area contributed by atoms with Gasteiger partial charge in [-0.15, -0.1) is 0 Å². The average molecular weight is 316 g/mol. The zero-order valence-electron chi connectivity index (χ0n) is 9.80. The molecule has 2 aromatic rings. The highest BCUT2D eigenvalue weighted by atomic mass is 35.5. The first-order valence-electron chi connectivity index (χ1n) is 5.39. The minimum atomic E-state index is -4.47. The van der Waals surface area contributed by atoms with Gasteiger partial charge < -0.3 is 0 Å². The summed E-state index contributed by atoms with van der Waals surface area (Å²) in [5.41, 5.74) is -0.114. The second-order valence-corrected chi connectivity index (χ2v) is 4.81. The highest BCUT2D eigenvalue weighted by Gasteiger charge is 2.31. The van der Waals surface area contributed by atoms with Crippen molar-refractivity contribution in [2.24, 2.45) is 0 Å². The Bertz CT molecular complexity index is 703. The maximum atomic E-state index is 12.7. The molecule has 0 unspecified atom stereocenters. The predicted octanol–water partition coefficient (Wildman–Crippen LogP) is 5.55.